The molecule has 23 heavy (non-hydrogen) atoms. The molecule has 0 aliphatic carbocycles. The number of likely N-dealkylation sites (tertiary alicyclic amines) is 1. The summed E-state index contributed by atoms with van der Waals surface area (Å²) in [6.07, 6.45) is 1.81. The molecule has 1 atom stereocenters. The first-order valence-electron chi connectivity index (χ1n) is 7.42. The average molecular weight is 336 g/mol. The lowest BCUT2D eigenvalue weighted by Crippen LogP contribution is -2.30. The van der Waals surface area contributed by atoms with E-state index in [9.17, 15) is 4.79 Å². The van der Waals surface area contributed by atoms with Crippen LogP contribution in [0.1, 0.15) is 35.0 Å². The molecule has 2 aromatic rings. The van der Waals surface area contributed by atoms with E-state index in [1.54, 1.807) is 31.3 Å². The first kappa shape index (κ1) is 15.7. The van der Waals surface area contributed by atoms with Crippen LogP contribution in [0.5, 0.6) is 11.5 Å². The maximum absolute atomic E-state index is 12.7. The number of rotatable bonds is 4. The summed E-state index contributed by atoms with van der Waals surface area (Å²) >= 11 is 5.77. The summed E-state index contributed by atoms with van der Waals surface area (Å²) < 4.78 is 16.0. The molecule has 0 unspecified atom stereocenters. The number of furan rings is 1. The van der Waals surface area contributed by atoms with E-state index in [4.69, 9.17) is 25.5 Å². The maximum Gasteiger partial charge on any atom is 0.290 e. The van der Waals surface area contributed by atoms with Gasteiger partial charge in [-0.1, -0.05) is 0 Å². The summed E-state index contributed by atoms with van der Waals surface area (Å²) in [7, 11) is 3.23. The van der Waals surface area contributed by atoms with Crippen LogP contribution >= 0.6 is 11.6 Å². The number of ether oxygens (including phenoxy) is 2. The Bertz CT molecular complexity index is 712. The molecule has 0 N–H and O–H groups in total. The van der Waals surface area contributed by atoms with Gasteiger partial charge in [-0.25, -0.2) is 0 Å². The molecule has 0 bridgehead atoms. The number of amides is 1. The molecule has 1 saturated heterocycles. The molecule has 1 aliphatic rings. The van der Waals surface area contributed by atoms with Crippen LogP contribution in [0.15, 0.2) is 34.7 Å². The van der Waals surface area contributed by atoms with Crippen molar-refractivity contribution >= 4 is 17.5 Å². The fourth-order valence-corrected chi connectivity index (χ4v) is 3.14. The van der Waals surface area contributed by atoms with Crippen molar-refractivity contribution in [2.45, 2.75) is 18.9 Å². The van der Waals surface area contributed by atoms with Crippen LogP contribution in [0.4, 0.5) is 0 Å². The number of benzene rings is 1. The zero-order valence-electron chi connectivity index (χ0n) is 13.0. The zero-order valence-corrected chi connectivity index (χ0v) is 13.8. The topological polar surface area (TPSA) is 51.9 Å². The van der Waals surface area contributed by atoms with Gasteiger partial charge in [-0.05, 0) is 48.7 Å². The summed E-state index contributed by atoms with van der Waals surface area (Å²) in [5, 5.41) is 0.214. The van der Waals surface area contributed by atoms with Crippen molar-refractivity contribution in [1.29, 1.82) is 0 Å². The van der Waals surface area contributed by atoms with Crippen LogP contribution < -0.4 is 9.47 Å². The van der Waals surface area contributed by atoms with Gasteiger partial charge in [0.25, 0.3) is 5.91 Å². The maximum atomic E-state index is 12.7. The second-order valence-electron chi connectivity index (χ2n) is 5.37. The van der Waals surface area contributed by atoms with Gasteiger partial charge in [0.1, 0.15) is 11.5 Å². The van der Waals surface area contributed by atoms with Crippen LogP contribution in [0.25, 0.3) is 0 Å². The van der Waals surface area contributed by atoms with Crippen molar-refractivity contribution in [2.24, 2.45) is 0 Å². The molecule has 1 aliphatic heterocycles. The number of nitrogens with zero attached hydrogens (tertiary/aromatic N) is 1. The molecular weight excluding hydrogens is 318 g/mol. The van der Waals surface area contributed by atoms with Gasteiger partial charge in [-0.3, -0.25) is 4.79 Å². The third kappa shape index (κ3) is 3.01. The molecule has 5 nitrogen and oxygen atoms in total. The summed E-state index contributed by atoms with van der Waals surface area (Å²) in [5.74, 6) is 1.54. The highest BCUT2D eigenvalue weighted by atomic mass is 35.5. The highest BCUT2D eigenvalue weighted by molar-refractivity contribution is 6.29. The first-order valence-corrected chi connectivity index (χ1v) is 7.80. The minimum Gasteiger partial charge on any atom is -0.497 e. The third-order valence-electron chi connectivity index (χ3n) is 4.10. The lowest BCUT2D eigenvalue weighted by atomic mass is 10.0. The number of methoxy groups -OCH3 is 2. The van der Waals surface area contributed by atoms with E-state index >= 15 is 0 Å². The van der Waals surface area contributed by atoms with Gasteiger partial charge < -0.3 is 18.8 Å². The molecule has 122 valence electrons. The second kappa shape index (κ2) is 6.54. The van der Waals surface area contributed by atoms with E-state index in [1.165, 1.54) is 0 Å². The Balaban J connectivity index is 1.91. The molecule has 1 amide bonds. The van der Waals surface area contributed by atoms with Crippen LogP contribution in [-0.4, -0.2) is 31.6 Å². The van der Waals surface area contributed by atoms with Gasteiger partial charge >= 0.3 is 0 Å². The largest absolute Gasteiger partial charge is 0.497 e. The molecular formula is C17H18ClNO4. The van der Waals surface area contributed by atoms with Crippen LogP contribution in [0.3, 0.4) is 0 Å². The van der Waals surface area contributed by atoms with Gasteiger partial charge in [0.2, 0.25) is 0 Å². The summed E-state index contributed by atoms with van der Waals surface area (Å²) in [6, 6.07) is 8.79. The van der Waals surface area contributed by atoms with Gasteiger partial charge in [0.15, 0.2) is 11.0 Å². The van der Waals surface area contributed by atoms with Crippen molar-refractivity contribution < 1.29 is 18.7 Å². The summed E-state index contributed by atoms with van der Waals surface area (Å²) in [6.45, 7) is 0.678. The number of carbonyl (C=O) groups is 1. The minimum atomic E-state index is -0.155. The van der Waals surface area contributed by atoms with E-state index in [0.717, 1.165) is 24.2 Å². The standard InChI is InChI=1S/C17H18ClNO4/c1-21-11-5-6-12(15(10-11)22-2)13-4-3-9-19(13)17(20)14-7-8-16(18)23-14/h5-8,10,13H,3-4,9H2,1-2H3/t13-/m1/s1. The van der Waals surface area contributed by atoms with E-state index < -0.39 is 0 Å². The smallest absolute Gasteiger partial charge is 0.290 e. The van der Waals surface area contributed by atoms with Gasteiger partial charge in [0, 0.05) is 18.2 Å². The quantitative estimate of drug-likeness (QED) is 0.849. The predicted octanol–water partition coefficient (Wildman–Crippen LogP) is 3.93. The number of hydrogen-bond donors (Lipinski definition) is 0. The number of halogens is 1. The molecule has 1 aromatic carbocycles. The van der Waals surface area contributed by atoms with Crippen molar-refractivity contribution in [3.8, 4) is 11.5 Å². The van der Waals surface area contributed by atoms with Crippen molar-refractivity contribution in [1.82, 2.24) is 4.90 Å². The van der Waals surface area contributed by atoms with E-state index in [2.05, 4.69) is 0 Å². The summed E-state index contributed by atoms with van der Waals surface area (Å²) in [5.41, 5.74) is 0.969. The zero-order chi connectivity index (χ0) is 16.4. The van der Waals surface area contributed by atoms with E-state index in [-0.39, 0.29) is 22.9 Å². The van der Waals surface area contributed by atoms with E-state index in [1.807, 2.05) is 18.2 Å². The molecule has 1 fully saturated rings. The Hall–Kier alpha value is -2.14. The van der Waals surface area contributed by atoms with Crippen molar-refractivity contribution in [3.63, 3.8) is 0 Å². The van der Waals surface area contributed by atoms with Crippen molar-refractivity contribution in [3.05, 3.63) is 46.9 Å². The molecule has 1 aromatic heterocycles. The lowest BCUT2D eigenvalue weighted by Gasteiger charge is -2.25. The predicted molar refractivity (Wildman–Crippen MR) is 86.3 cm³/mol. The fraction of sp³-hybridized carbons (Fsp3) is 0.353. The third-order valence-corrected chi connectivity index (χ3v) is 4.30. The Morgan fingerprint density at radius 1 is 1.26 bits per heavy atom. The molecule has 0 spiro atoms. The monoisotopic (exact) mass is 335 g/mol. The minimum absolute atomic E-state index is 0.0489. The highest BCUT2D eigenvalue weighted by Crippen LogP contribution is 2.39. The van der Waals surface area contributed by atoms with E-state index in [0.29, 0.717) is 12.3 Å². The van der Waals surface area contributed by atoms with Crippen LogP contribution in [-0.2, 0) is 0 Å². The molecule has 0 saturated carbocycles. The number of carbonyl (C=O) groups excluding carboxylic acids is 1. The summed E-state index contributed by atoms with van der Waals surface area (Å²) in [4.78, 5) is 14.5. The normalized spacial score (nSPS) is 17.3. The molecule has 3 rings (SSSR count). The van der Waals surface area contributed by atoms with Gasteiger partial charge in [0.05, 0.1) is 20.3 Å². The Labute approximate surface area is 139 Å². The Morgan fingerprint density at radius 3 is 2.74 bits per heavy atom. The van der Waals surface area contributed by atoms with Gasteiger partial charge in [-0.2, -0.15) is 0 Å². The number of hydrogen-bond acceptors (Lipinski definition) is 4. The first-order chi connectivity index (χ1) is 11.1. The van der Waals surface area contributed by atoms with Gasteiger partial charge in [-0.15, -0.1) is 0 Å². The Morgan fingerprint density at radius 2 is 2.09 bits per heavy atom. The molecule has 2 heterocycles. The molecule has 6 heteroatoms. The van der Waals surface area contributed by atoms with Crippen LogP contribution in [0, 0.1) is 0 Å². The Kier molecular flexibility index (Phi) is 4.48. The SMILES string of the molecule is COc1ccc([C@H]2CCCN2C(=O)c2ccc(Cl)o2)c(OC)c1. The van der Waals surface area contributed by atoms with Crippen LogP contribution in [0.2, 0.25) is 5.22 Å². The van der Waals surface area contributed by atoms with Crippen molar-refractivity contribution in [2.75, 3.05) is 20.8 Å². The lowest BCUT2D eigenvalue weighted by molar-refractivity contribution is 0.0702. The average Bonchev–Trinajstić information content (AvgIpc) is 3.22. The molecule has 0 radical (unpaired) electrons. The highest BCUT2D eigenvalue weighted by Gasteiger charge is 2.33. The fourth-order valence-electron chi connectivity index (χ4n) is 3.00. The second-order valence-corrected chi connectivity index (χ2v) is 5.74.